The fourth-order valence-electron chi connectivity index (χ4n) is 6.03. The highest BCUT2D eigenvalue weighted by Crippen LogP contribution is 2.68. The van der Waals surface area contributed by atoms with E-state index in [9.17, 15) is 9.59 Å². The number of likely N-dealkylation sites (tertiary alicyclic amines) is 1. The molecule has 2 aliphatic rings. The van der Waals surface area contributed by atoms with Gasteiger partial charge in [0.2, 0.25) is 0 Å². The van der Waals surface area contributed by atoms with Crippen LogP contribution in [0.25, 0.3) is 0 Å². The molecule has 5 heteroatoms. The summed E-state index contributed by atoms with van der Waals surface area (Å²) in [5.74, 6) is -0.0313. The summed E-state index contributed by atoms with van der Waals surface area (Å²) in [4.78, 5) is 28.3. The third-order valence-corrected chi connectivity index (χ3v) is 8.37. The van der Waals surface area contributed by atoms with E-state index in [0.29, 0.717) is 25.9 Å². The molecular weight excluding hydrogens is 438 g/mol. The number of piperidine rings is 1. The summed E-state index contributed by atoms with van der Waals surface area (Å²) in [5.41, 5.74) is -0.613. The van der Waals surface area contributed by atoms with Gasteiger partial charge in [0.15, 0.2) is 0 Å². The first kappa shape index (κ1) is 30.0. The van der Waals surface area contributed by atoms with Gasteiger partial charge in [0.25, 0.3) is 0 Å². The van der Waals surface area contributed by atoms with Crippen molar-refractivity contribution >= 4 is 12.1 Å². The van der Waals surface area contributed by atoms with Crippen LogP contribution >= 0.6 is 0 Å². The van der Waals surface area contributed by atoms with Gasteiger partial charge in [0.05, 0.1) is 5.41 Å². The topological polar surface area (TPSA) is 55.8 Å². The van der Waals surface area contributed by atoms with E-state index >= 15 is 0 Å². The highest BCUT2D eigenvalue weighted by molar-refractivity contribution is 5.82. The van der Waals surface area contributed by atoms with E-state index in [1.807, 2.05) is 4.90 Å². The van der Waals surface area contributed by atoms with Crippen molar-refractivity contribution in [3.63, 3.8) is 0 Å². The Balaban J connectivity index is 1.95. The standard InChI is InChI=1S/C30H55NO4/c1-9-12-17-29(18-13-10-2,19-14-11-3)35-26(33)31-20-15-24(16-21-31)34-25(32)30(22-27(4,5)6)23-28(30,7)8/h24H,9-23H2,1-8H3. The molecule has 35 heavy (non-hydrogen) atoms. The summed E-state index contributed by atoms with van der Waals surface area (Å²) in [6.45, 7) is 18.7. The van der Waals surface area contributed by atoms with Crippen LogP contribution in [-0.4, -0.2) is 41.8 Å². The molecule has 0 aromatic heterocycles. The fraction of sp³-hybridized carbons (Fsp3) is 0.933. The van der Waals surface area contributed by atoms with Gasteiger partial charge in [-0.2, -0.15) is 0 Å². The minimum Gasteiger partial charge on any atom is -0.462 e. The maximum atomic E-state index is 13.3. The Labute approximate surface area is 216 Å². The largest absolute Gasteiger partial charge is 0.462 e. The molecule has 0 bridgehead atoms. The lowest BCUT2D eigenvalue weighted by atomic mass is 9.79. The van der Waals surface area contributed by atoms with E-state index in [1.54, 1.807) is 0 Å². The van der Waals surface area contributed by atoms with Crippen molar-refractivity contribution < 1.29 is 19.1 Å². The average Bonchev–Trinajstić information content (AvgIpc) is 3.34. The third kappa shape index (κ3) is 8.12. The van der Waals surface area contributed by atoms with Crippen molar-refractivity contribution in [2.24, 2.45) is 16.2 Å². The van der Waals surface area contributed by atoms with Crippen molar-refractivity contribution in [3.8, 4) is 0 Å². The van der Waals surface area contributed by atoms with Crippen LogP contribution < -0.4 is 0 Å². The Kier molecular flexibility index (Phi) is 10.5. The molecule has 0 radical (unpaired) electrons. The first-order valence-corrected chi connectivity index (χ1v) is 14.5. The number of carbonyl (C=O) groups is 2. The van der Waals surface area contributed by atoms with Gasteiger partial charge in [-0.05, 0) is 62.2 Å². The molecule has 0 N–H and O–H groups in total. The van der Waals surface area contributed by atoms with Gasteiger partial charge >= 0.3 is 12.1 Å². The van der Waals surface area contributed by atoms with Crippen molar-refractivity contribution in [1.29, 1.82) is 0 Å². The zero-order valence-corrected chi connectivity index (χ0v) is 24.3. The molecule has 0 aromatic rings. The molecule has 0 aromatic carbocycles. The van der Waals surface area contributed by atoms with E-state index in [-0.39, 0.29) is 40.0 Å². The summed E-state index contributed by atoms with van der Waals surface area (Å²) in [6.07, 6.45) is 12.3. The van der Waals surface area contributed by atoms with Crippen LogP contribution in [0.15, 0.2) is 0 Å². The van der Waals surface area contributed by atoms with Crippen molar-refractivity contribution in [3.05, 3.63) is 0 Å². The average molecular weight is 494 g/mol. The molecule has 0 spiro atoms. The summed E-state index contributed by atoms with van der Waals surface area (Å²) in [6, 6.07) is 0. The number of carbonyl (C=O) groups excluding carboxylic acids is 2. The Bertz CT molecular complexity index is 665. The monoisotopic (exact) mass is 493 g/mol. The van der Waals surface area contributed by atoms with Crippen LogP contribution in [0.4, 0.5) is 4.79 Å². The number of ether oxygens (including phenoxy) is 2. The second-order valence-electron chi connectivity index (χ2n) is 13.3. The molecule has 1 amide bonds. The van der Waals surface area contributed by atoms with Gasteiger partial charge in [0.1, 0.15) is 11.7 Å². The van der Waals surface area contributed by atoms with Gasteiger partial charge in [0, 0.05) is 25.9 Å². The molecule has 1 unspecified atom stereocenters. The predicted octanol–water partition coefficient (Wildman–Crippen LogP) is 8.29. The normalized spacial score (nSPS) is 22.7. The van der Waals surface area contributed by atoms with Crippen molar-refractivity contribution in [2.75, 3.05) is 13.1 Å². The predicted molar refractivity (Wildman–Crippen MR) is 143 cm³/mol. The minimum absolute atomic E-state index is 0.000664. The van der Waals surface area contributed by atoms with Crippen LogP contribution in [0, 0.1) is 16.2 Å². The SMILES string of the molecule is CCCCC(CCCC)(CCCC)OC(=O)N1CCC(OC(=O)C2(CC(C)(C)C)CC2(C)C)CC1. The molecular formula is C30H55NO4. The molecule has 1 saturated carbocycles. The smallest absolute Gasteiger partial charge is 0.410 e. The Morgan fingerprint density at radius 1 is 0.886 bits per heavy atom. The molecule has 1 aliphatic heterocycles. The lowest BCUT2D eigenvalue weighted by Crippen LogP contribution is -2.46. The Morgan fingerprint density at radius 2 is 1.34 bits per heavy atom. The lowest BCUT2D eigenvalue weighted by molar-refractivity contribution is -0.160. The molecule has 1 saturated heterocycles. The summed E-state index contributed by atoms with van der Waals surface area (Å²) in [7, 11) is 0. The molecule has 2 fully saturated rings. The number of amides is 1. The van der Waals surface area contributed by atoms with Crippen LogP contribution in [0.2, 0.25) is 0 Å². The van der Waals surface area contributed by atoms with Crippen LogP contribution in [-0.2, 0) is 14.3 Å². The minimum atomic E-state index is -0.362. The Morgan fingerprint density at radius 3 is 1.71 bits per heavy atom. The van der Waals surface area contributed by atoms with Crippen LogP contribution in [0.3, 0.4) is 0 Å². The van der Waals surface area contributed by atoms with E-state index in [1.165, 1.54) is 0 Å². The van der Waals surface area contributed by atoms with Gasteiger partial charge < -0.3 is 14.4 Å². The number of rotatable bonds is 13. The first-order valence-electron chi connectivity index (χ1n) is 14.5. The number of esters is 1. The zero-order valence-electron chi connectivity index (χ0n) is 24.3. The van der Waals surface area contributed by atoms with E-state index in [2.05, 4.69) is 55.4 Å². The maximum absolute atomic E-state index is 13.3. The first-order chi connectivity index (χ1) is 16.3. The van der Waals surface area contributed by atoms with Crippen LogP contribution in [0.1, 0.15) is 139 Å². The van der Waals surface area contributed by atoms with E-state index in [4.69, 9.17) is 9.47 Å². The Hall–Kier alpha value is -1.26. The second kappa shape index (κ2) is 12.3. The zero-order chi connectivity index (χ0) is 26.3. The summed E-state index contributed by atoms with van der Waals surface area (Å²) < 4.78 is 12.4. The number of hydrogen-bond donors (Lipinski definition) is 0. The highest BCUT2D eigenvalue weighted by Gasteiger charge is 2.68. The number of hydrogen-bond acceptors (Lipinski definition) is 4. The van der Waals surface area contributed by atoms with Crippen molar-refractivity contribution in [2.45, 2.75) is 151 Å². The number of unbranched alkanes of at least 4 members (excludes halogenated alkanes) is 3. The third-order valence-electron chi connectivity index (χ3n) is 8.37. The van der Waals surface area contributed by atoms with Gasteiger partial charge in [-0.15, -0.1) is 0 Å². The molecule has 204 valence electrons. The molecule has 2 rings (SSSR count). The summed E-state index contributed by atoms with van der Waals surface area (Å²) >= 11 is 0. The van der Waals surface area contributed by atoms with Crippen LogP contribution in [0.5, 0.6) is 0 Å². The van der Waals surface area contributed by atoms with E-state index in [0.717, 1.165) is 70.6 Å². The summed E-state index contributed by atoms with van der Waals surface area (Å²) in [5, 5.41) is 0. The lowest BCUT2D eigenvalue weighted by Gasteiger charge is -2.38. The molecule has 5 nitrogen and oxygen atoms in total. The number of nitrogens with zero attached hydrogens (tertiary/aromatic N) is 1. The maximum Gasteiger partial charge on any atom is 0.410 e. The van der Waals surface area contributed by atoms with E-state index < -0.39 is 0 Å². The van der Waals surface area contributed by atoms with Gasteiger partial charge in [-0.3, -0.25) is 4.79 Å². The van der Waals surface area contributed by atoms with Crippen molar-refractivity contribution in [1.82, 2.24) is 4.90 Å². The fourth-order valence-corrected chi connectivity index (χ4v) is 6.03. The van der Waals surface area contributed by atoms with Gasteiger partial charge in [-0.1, -0.05) is 74.7 Å². The second-order valence-corrected chi connectivity index (χ2v) is 13.3. The highest BCUT2D eigenvalue weighted by atomic mass is 16.6. The quantitative estimate of drug-likeness (QED) is 0.242. The molecule has 1 heterocycles. The molecule has 1 aliphatic carbocycles. The van der Waals surface area contributed by atoms with Gasteiger partial charge in [-0.25, -0.2) is 4.79 Å². The molecule has 1 atom stereocenters.